The van der Waals surface area contributed by atoms with E-state index in [1.807, 2.05) is 57.3 Å². The molecule has 39 heavy (non-hydrogen) atoms. The molecule has 1 aliphatic heterocycles. The maximum absolute atomic E-state index is 13.1. The normalized spacial score (nSPS) is 15.1. The molecule has 2 aromatic heterocycles. The summed E-state index contributed by atoms with van der Waals surface area (Å²) in [5.41, 5.74) is 4.84. The summed E-state index contributed by atoms with van der Waals surface area (Å²) in [4.78, 5) is 17.3. The quantitative estimate of drug-likeness (QED) is 0.319. The van der Waals surface area contributed by atoms with Gasteiger partial charge >= 0.3 is 0 Å². The van der Waals surface area contributed by atoms with Crippen LogP contribution in [0.5, 0.6) is 5.75 Å². The maximum Gasteiger partial charge on any atom is 0.255 e. The number of nitriles is 1. The van der Waals surface area contributed by atoms with Gasteiger partial charge in [-0.25, -0.2) is 4.68 Å². The summed E-state index contributed by atoms with van der Waals surface area (Å²) in [6.07, 6.45) is 8.24. The van der Waals surface area contributed by atoms with Crippen molar-refractivity contribution in [3.63, 3.8) is 0 Å². The van der Waals surface area contributed by atoms with Crippen LogP contribution in [0, 0.1) is 24.2 Å². The van der Waals surface area contributed by atoms with Crippen LogP contribution >= 0.6 is 0 Å². The van der Waals surface area contributed by atoms with Gasteiger partial charge in [0, 0.05) is 53.5 Å². The first-order chi connectivity index (χ1) is 18.8. The molecule has 0 bridgehead atoms. The van der Waals surface area contributed by atoms with Crippen molar-refractivity contribution in [3.05, 3.63) is 90.0 Å². The van der Waals surface area contributed by atoms with Gasteiger partial charge in [-0.1, -0.05) is 18.2 Å². The zero-order chi connectivity index (χ0) is 27.4. The molecule has 198 valence electrons. The molecule has 2 aromatic carbocycles. The van der Waals surface area contributed by atoms with Gasteiger partial charge < -0.3 is 14.8 Å². The average Bonchev–Trinajstić information content (AvgIpc) is 3.66. The number of rotatable bonds is 8. The number of amides is 1. The zero-order valence-electron chi connectivity index (χ0n) is 22.3. The summed E-state index contributed by atoms with van der Waals surface area (Å²) in [5, 5.41) is 17.0. The molecular weight excluding hydrogens is 490 g/mol. The smallest absolute Gasteiger partial charge is 0.255 e. The van der Waals surface area contributed by atoms with Crippen LogP contribution < -0.4 is 10.1 Å². The van der Waals surface area contributed by atoms with Gasteiger partial charge in [-0.2, -0.15) is 10.4 Å². The van der Waals surface area contributed by atoms with Gasteiger partial charge in [0.15, 0.2) is 0 Å². The highest BCUT2D eigenvalue weighted by atomic mass is 16.5. The fraction of sp³-hybridized carbons (Fsp3) is 0.290. The average molecular weight is 522 g/mol. The second kappa shape index (κ2) is 11.1. The van der Waals surface area contributed by atoms with E-state index in [0.29, 0.717) is 23.8 Å². The summed E-state index contributed by atoms with van der Waals surface area (Å²) in [6, 6.07) is 17.0. The van der Waals surface area contributed by atoms with E-state index in [4.69, 9.17) is 9.47 Å². The van der Waals surface area contributed by atoms with Crippen molar-refractivity contribution in [2.75, 3.05) is 25.1 Å². The Hall–Kier alpha value is -4.48. The Morgan fingerprint density at radius 1 is 1.23 bits per heavy atom. The van der Waals surface area contributed by atoms with E-state index in [-0.39, 0.29) is 5.91 Å². The first kappa shape index (κ1) is 26.1. The maximum atomic E-state index is 13.1. The number of pyridine rings is 1. The lowest BCUT2D eigenvalue weighted by molar-refractivity contribution is 0.102. The molecule has 1 N–H and O–H groups in total. The lowest BCUT2D eigenvalue weighted by Gasteiger charge is -2.16. The van der Waals surface area contributed by atoms with Crippen molar-refractivity contribution in [2.24, 2.45) is 5.92 Å². The number of hydrogen-bond donors (Lipinski definition) is 1. The summed E-state index contributed by atoms with van der Waals surface area (Å²) >= 11 is 0. The molecule has 8 nitrogen and oxygen atoms in total. The van der Waals surface area contributed by atoms with Crippen molar-refractivity contribution >= 4 is 11.6 Å². The minimum Gasteiger partial charge on any atom is -0.492 e. The fourth-order valence-electron chi connectivity index (χ4n) is 4.49. The molecule has 1 atom stereocenters. The summed E-state index contributed by atoms with van der Waals surface area (Å²) in [6.45, 7) is 7.78. The number of carbonyl (C=O) groups excluding carboxylic acids is 1. The van der Waals surface area contributed by atoms with Gasteiger partial charge in [-0.15, -0.1) is 0 Å². The molecular formula is C31H31N5O3. The van der Waals surface area contributed by atoms with Crippen molar-refractivity contribution in [1.82, 2.24) is 14.8 Å². The summed E-state index contributed by atoms with van der Waals surface area (Å²) in [7, 11) is 0. The Labute approximate surface area is 228 Å². The van der Waals surface area contributed by atoms with Gasteiger partial charge in [0.25, 0.3) is 5.91 Å². The van der Waals surface area contributed by atoms with E-state index >= 15 is 0 Å². The zero-order valence-corrected chi connectivity index (χ0v) is 22.3. The van der Waals surface area contributed by atoms with Gasteiger partial charge in [0.1, 0.15) is 5.75 Å². The molecule has 0 saturated carbocycles. The predicted octanol–water partition coefficient (Wildman–Crippen LogP) is 5.71. The number of aromatic nitrogens is 3. The Morgan fingerprint density at radius 3 is 2.90 bits per heavy atom. The number of carbonyl (C=O) groups is 1. The third kappa shape index (κ3) is 5.84. The van der Waals surface area contributed by atoms with E-state index in [0.717, 1.165) is 53.3 Å². The van der Waals surface area contributed by atoms with E-state index < -0.39 is 5.41 Å². The van der Waals surface area contributed by atoms with Crippen molar-refractivity contribution in [1.29, 1.82) is 5.26 Å². The number of nitrogens with zero attached hydrogens (tertiary/aromatic N) is 4. The minimum atomic E-state index is -0.685. The molecule has 8 heteroatoms. The topological polar surface area (TPSA) is 102 Å². The molecule has 0 radical (unpaired) electrons. The highest BCUT2D eigenvalue weighted by Gasteiger charge is 2.21. The van der Waals surface area contributed by atoms with Gasteiger partial charge in [0.05, 0.1) is 36.6 Å². The van der Waals surface area contributed by atoms with Gasteiger partial charge in [0.2, 0.25) is 0 Å². The van der Waals surface area contributed by atoms with Crippen LogP contribution in [0.25, 0.3) is 16.8 Å². The van der Waals surface area contributed by atoms with Crippen molar-refractivity contribution < 1.29 is 14.3 Å². The highest BCUT2D eigenvalue weighted by Crippen LogP contribution is 2.31. The van der Waals surface area contributed by atoms with Crippen LogP contribution in [0.4, 0.5) is 5.69 Å². The minimum absolute atomic E-state index is 0.244. The van der Waals surface area contributed by atoms with E-state index in [2.05, 4.69) is 21.5 Å². The largest absolute Gasteiger partial charge is 0.492 e. The molecule has 0 aliphatic carbocycles. The Bertz CT molecular complexity index is 1530. The van der Waals surface area contributed by atoms with Crippen LogP contribution in [0.1, 0.15) is 41.8 Å². The molecule has 5 rings (SSSR count). The monoisotopic (exact) mass is 521 g/mol. The lowest BCUT2D eigenvalue weighted by Crippen LogP contribution is -2.17. The second-order valence-electron chi connectivity index (χ2n) is 10.4. The number of aryl methyl sites for hydroxylation is 1. The number of anilines is 1. The number of ether oxygens (including phenoxy) is 2. The molecule has 0 spiro atoms. The molecule has 1 fully saturated rings. The molecule has 1 amide bonds. The van der Waals surface area contributed by atoms with Crippen LogP contribution in [0.15, 0.2) is 73.3 Å². The molecule has 1 aliphatic rings. The van der Waals surface area contributed by atoms with Crippen LogP contribution in [-0.4, -0.2) is 40.5 Å². The van der Waals surface area contributed by atoms with Crippen LogP contribution in [0.3, 0.4) is 0 Å². The molecule has 3 heterocycles. The standard InChI is InChI=1S/C31H31N5O3/c1-21-7-8-26(35-30(37)23-5-4-6-25(13-23)31(2,3)20-32)14-28(21)36-17-24(15-34-36)27-16-33-11-9-29(27)39-19-22-10-12-38-18-22/h4-9,11,13-17,22H,10,12,18-19H2,1-3H3,(H,35,37)/t22-/m0/s1. The van der Waals surface area contributed by atoms with Gasteiger partial charge in [-0.3, -0.25) is 9.78 Å². The number of benzene rings is 2. The summed E-state index contributed by atoms with van der Waals surface area (Å²) in [5.74, 6) is 0.914. The van der Waals surface area contributed by atoms with Crippen LogP contribution in [-0.2, 0) is 10.2 Å². The van der Waals surface area contributed by atoms with E-state index in [9.17, 15) is 10.1 Å². The predicted molar refractivity (Wildman–Crippen MR) is 149 cm³/mol. The third-order valence-electron chi connectivity index (χ3n) is 7.01. The summed E-state index contributed by atoms with van der Waals surface area (Å²) < 4.78 is 13.4. The van der Waals surface area contributed by atoms with Gasteiger partial charge in [-0.05, 0) is 68.7 Å². The number of nitrogens with one attached hydrogen (secondary N) is 1. The SMILES string of the molecule is Cc1ccc(NC(=O)c2cccc(C(C)(C)C#N)c2)cc1-n1cc(-c2cnccc2OC[C@H]2CCOC2)cn1. The Kier molecular flexibility index (Phi) is 7.44. The second-order valence-corrected chi connectivity index (χ2v) is 10.4. The molecule has 0 unspecified atom stereocenters. The lowest BCUT2D eigenvalue weighted by atomic mass is 9.85. The first-order valence-corrected chi connectivity index (χ1v) is 13.0. The first-order valence-electron chi connectivity index (χ1n) is 13.0. The third-order valence-corrected chi connectivity index (χ3v) is 7.01. The van der Waals surface area contributed by atoms with Crippen molar-refractivity contribution in [2.45, 2.75) is 32.6 Å². The van der Waals surface area contributed by atoms with Crippen LogP contribution in [0.2, 0.25) is 0 Å². The van der Waals surface area contributed by atoms with E-state index in [1.54, 1.807) is 41.5 Å². The molecule has 1 saturated heterocycles. The Morgan fingerprint density at radius 2 is 2.10 bits per heavy atom. The molecule has 4 aromatic rings. The highest BCUT2D eigenvalue weighted by molar-refractivity contribution is 6.04. The van der Waals surface area contributed by atoms with Crippen molar-refractivity contribution in [3.8, 4) is 28.6 Å². The Balaban J connectivity index is 1.35. The van der Waals surface area contributed by atoms with E-state index in [1.165, 1.54) is 0 Å². The number of hydrogen-bond acceptors (Lipinski definition) is 6. The fourth-order valence-corrected chi connectivity index (χ4v) is 4.49.